The second-order valence-electron chi connectivity index (χ2n) is 8.07. The van der Waals surface area contributed by atoms with Gasteiger partial charge in [0.15, 0.2) is 0 Å². The quantitative estimate of drug-likeness (QED) is 0.614. The molecule has 1 atom stereocenters. The Bertz CT molecular complexity index is 859. The molecule has 1 aliphatic rings. The molecule has 0 spiro atoms. The smallest absolute Gasteiger partial charge is 0.414 e. The van der Waals surface area contributed by atoms with E-state index in [0.717, 1.165) is 36.4 Å². The van der Waals surface area contributed by atoms with Gasteiger partial charge in [-0.2, -0.15) is 0 Å². The van der Waals surface area contributed by atoms with Gasteiger partial charge in [0, 0.05) is 19.2 Å². The van der Waals surface area contributed by atoms with E-state index >= 15 is 0 Å². The topological polar surface area (TPSA) is 61.9 Å². The van der Waals surface area contributed by atoms with E-state index in [2.05, 4.69) is 48.3 Å². The molecule has 0 aliphatic carbocycles. The normalized spacial score (nSPS) is 15.9. The monoisotopic (exact) mass is 423 g/mol. The highest BCUT2D eigenvalue weighted by Gasteiger charge is 2.32. The molecule has 0 aromatic heterocycles. The lowest BCUT2D eigenvalue weighted by Crippen LogP contribution is -2.33. The maximum atomic E-state index is 12.2. The highest BCUT2D eigenvalue weighted by atomic mass is 16.6. The molecule has 0 radical (unpaired) electrons. The van der Waals surface area contributed by atoms with E-state index in [4.69, 9.17) is 4.74 Å². The van der Waals surface area contributed by atoms with Gasteiger partial charge in [-0.25, -0.2) is 4.79 Å². The summed E-state index contributed by atoms with van der Waals surface area (Å²) in [7, 11) is 0. The molecule has 1 saturated heterocycles. The Labute approximate surface area is 185 Å². The number of carbonyl (C=O) groups excluding carboxylic acids is 2. The Morgan fingerprint density at radius 3 is 2.16 bits per heavy atom. The number of carbonyl (C=O) groups is 2. The first-order valence-corrected chi connectivity index (χ1v) is 11.1. The fourth-order valence-electron chi connectivity index (χ4n) is 3.89. The van der Waals surface area contributed by atoms with Crippen LogP contribution in [0.1, 0.15) is 39.2 Å². The molecule has 0 bridgehead atoms. The molecule has 2 aromatic carbocycles. The summed E-state index contributed by atoms with van der Waals surface area (Å²) >= 11 is 0. The minimum atomic E-state index is -0.379. The van der Waals surface area contributed by atoms with Crippen LogP contribution in [0.2, 0.25) is 0 Å². The maximum absolute atomic E-state index is 12.2. The highest BCUT2D eigenvalue weighted by molar-refractivity contribution is 5.90. The second kappa shape index (κ2) is 11.0. The van der Waals surface area contributed by atoms with Crippen molar-refractivity contribution in [2.45, 2.75) is 46.3 Å². The number of hydrogen-bond donors (Lipinski definition) is 1. The van der Waals surface area contributed by atoms with Gasteiger partial charge in [-0.05, 0) is 54.8 Å². The number of benzene rings is 2. The van der Waals surface area contributed by atoms with Crippen molar-refractivity contribution < 1.29 is 14.3 Å². The van der Waals surface area contributed by atoms with Crippen LogP contribution in [0.3, 0.4) is 0 Å². The molecule has 2 aromatic rings. The van der Waals surface area contributed by atoms with Crippen LogP contribution in [0.5, 0.6) is 0 Å². The number of ether oxygens (including phenoxy) is 1. The molecule has 31 heavy (non-hydrogen) atoms. The first-order chi connectivity index (χ1) is 15.0. The molecule has 0 saturated carbocycles. The molecule has 2 amide bonds. The summed E-state index contributed by atoms with van der Waals surface area (Å²) in [5, 5.41) is 2.69. The van der Waals surface area contributed by atoms with Crippen molar-refractivity contribution in [2.75, 3.05) is 31.1 Å². The van der Waals surface area contributed by atoms with Crippen molar-refractivity contribution in [3.63, 3.8) is 0 Å². The van der Waals surface area contributed by atoms with E-state index in [0.29, 0.717) is 13.1 Å². The molecule has 1 aliphatic heterocycles. The maximum Gasteiger partial charge on any atom is 0.414 e. The Morgan fingerprint density at radius 2 is 1.61 bits per heavy atom. The summed E-state index contributed by atoms with van der Waals surface area (Å²) in [6, 6.07) is 16.7. The highest BCUT2D eigenvalue weighted by Crippen LogP contribution is 2.26. The molecule has 166 valence electrons. The van der Waals surface area contributed by atoms with Gasteiger partial charge >= 0.3 is 6.09 Å². The van der Waals surface area contributed by atoms with Gasteiger partial charge in [-0.15, -0.1) is 0 Å². The lowest BCUT2D eigenvalue weighted by Gasteiger charge is -2.21. The van der Waals surface area contributed by atoms with Gasteiger partial charge in [0.1, 0.15) is 6.10 Å². The Hall–Kier alpha value is -2.86. The van der Waals surface area contributed by atoms with Gasteiger partial charge in [0.25, 0.3) is 0 Å². The number of cyclic esters (lactones) is 1. The van der Waals surface area contributed by atoms with Crippen LogP contribution in [0, 0.1) is 0 Å². The lowest BCUT2D eigenvalue weighted by molar-refractivity contribution is -0.119. The predicted octanol–water partition coefficient (Wildman–Crippen LogP) is 4.44. The molecule has 3 rings (SSSR count). The summed E-state index contributed by atoms with van der Waals surface area (Å²) in [4.78, 5) is 27.4. The van der Waals surface area contributed by atoms with Crippen LogP contribution in [0.4, 0.5) is 10.5 Å². The third kappa shape index (κ3) is 6.31. The average Bonchev–Trinajstić information content (AvgIpc) is 3.14. The van der Waals surface area contributed by atoms with Gasteiger partial charge in [0.2, 0.25) is 5.91 Å². The first-order valence-electron chi connectivity index (χ1n) is 11.1. The van der Waals surface area contributed by atoms with Gasteiger partial charge < -0.3 is 10.1 Å². The minimum Gasteiger partial charge on any atom is -0.442 e. The molecular weight excluding hydrogens is 390 g/mol. The van der Waals surface area contributed by atoms with Crippen LogP contribution in [0.25, 0.3) is 11.1 Å². The number of hydrogen-bond acceptors (Lipinski definition) is 4. The zero-order valence-electron chi connectivity index (χ0n) is 18.8. The number of anilines is 1. The van der Waals surface area contributed by atoms with E-state index in [9.17, 15) is 9.59 Å². The molecule has 1 unspecified atom stereocenters. The van der Waals surface area contributed by atoms with Crippen molar-refractivity contribution in [3.8, 4) is 11.1 Å². The number of nitrogens with one attached hydrogen (secondary N) is 1. The van der Waals surface area contributed by atoms with E-state index in [1.807, 2.05) is 24.3 Å². The fourth-order valence-corrected chi connectivity index (χ4v) is 3.89. The number of rotatable bonds is 10. The molecule has 1 fully saturated rings. The Kier molecular flexibility index (Phi) is 8.06. The first kappa shape index (κ1) is 22.8. The molecule has 1 N–H and O–H groups in total. The van der Waals surface area contributed by atoms with Crippen LogP contribution in [0.15, 0.2) is 48.5 Å². The van der Waals surface area contributed by atoms with E-state index in [-0.39, 0.29) is 18.1 Å². The number of nitrogens with zero attached hydrogens (tertiary/aromatic N) is 2. The second-order valence-corrected chi connectivity index (χ2v) is 8.07. The van der Waals surface area contributed by atoms with Crippen LogP contribution in [-0.2, 0) is 16.1 Å². The van der Waals surface area contributed by atoms with E-state index in [1.165, 1.54) is 25.3 Å². The summed E-state index contributed by atoms with van der Waals surface area (Å²) in [6.45, 7) is 9.89. The van der Waals surface area contributed by atoms with Crippen molar-refractivity contribution in [3.05, 3.63) is 54.1 Å². The number of amides is 2. The van der Waals surface area contributed by atoms with Crippen molar-refractivity contribution in [1.29, 1.82) is 0 Å². The molecule has 1 heterocycles. The Morgan fingerprint density at radius 1 is 1.03 bits per heavy atom. The van der Waals surface area contributed by atoms with Crippen LogP contribution >= 0.6 is 0 Å². The molecule has 6 heteroatoms. The zero-order chi connectivity index (χ0) is 22.2. The minimum absolute atomic E-state index is 0.131. The van der Waals surface area contributed by atoms with Gasteiger partial charge in [-0.1, -0.05) is 50.2 Å². The molecular formula is C25H33N3O3. The van der Waals surface area contributed by atoms with Crippen LogP contribution in [-0.4, -0.2) is 49.2 Å². The zero-order valence-corrected chi connectivity index (χ0v) is 18.8. The summed E-state index contributed by atoms with van der Waals surface area (Å²) < 4.78 is 5.34. The Balaban J connectivity index is 1.62. The summed E-state index contributed by atoms with van der Waals surface area (Å²) in [5.74, 6) is -0.131. The van der Waals surface area contributed by atoms with Crippen LogP contribution < -0.4 is 10.2 Å². The predicted molar refractivity (Wildman–Crippen MR) is 124 cm³/mol. The van der Waals surface area contributed by atoms with E-state index in [1.54, 1.807) is 4.90 Å². The fraction of sp³-hybridized carbons (Fsp3) is 0.440. The van der Waals surface area contributed by atoms with Gasteiger partial charge in [0.05, 0.1) is 13.1 Å². The standard InChI is InChI=1S/C25H33N3O3/c1-4-14-27(15-5-2)17-20-6-8-21(9-7-20)22-10-12-23(13-11-22)28-18-24(31-25(28)30)16-26-19(3)29/h6-13,24H,4-5,14-18H2,1-3H3,(H,26,29). The van der Waals surface area contributed by atoms with E-state index < -0.39 is 0 Å². The largest absolute Gasteiger partial charge is 0.442 e. The lowest BCUT2D eigenvalue weighted by atomic mass is 10.0. The van der Waals surface area contributed by atoms with Crippen molar-refractivity contribution >= 4 is 17.7 Å². The third-order valence-electron chi connectivity index (χ3n) is 5.40. The third-order valence-corrected chi connectivity index (χ3v) is 5.40. The van der Waals surface area contributed by atoms with Crippen molar-refractivity contribution in [2.24, 2.45) is 0 Å². The SMILES string of the molecule is CCCN(CCC)Cc1ccc(-c2ccc(N3CC(CNC(C)=O)OC3=O)cc2)cc1. The van der Waals surface area contributed by atoms with Gasteiger partial charge in [-0.3, -0.25) is 14.6 Å². The average molecular weight is 424 g/mol. The summed E-state index contributed by atoms with van der Waals surface area (Å²) in [6.07, 6.45) is 1.63. The van der Waals surface area contributed by atoms with Crippen molar-refractivity contribution in [1.82, 2.24) is 10.2 Å². The molecule has 6 nitrogen and oxygen atoms in total. The summed E-state index contributed by atoms with van der Waals surface area (Å²) in [5.41, 5.74) is 4.38.